The Bertz CT molecular complexity index is 1230. The Balaban J connectivity index is 0.000000237. The Morgan fingerprint density at radius 3 is 1.96 bits per heavy atom. The molecule has 0 spiro atoms. The molecule has 0 aromatic heterocycles. The highest BCUT2D eigenvalue weighted by Crippen LogP contribution is 2.28. The van der Waals surface area contributed by atoms with Gasteiger partial charge < -0.3 is 4.55 Å². The maximum atomic E-state index is 11.1. The Labute approximate surface area is 166 Å². The van der Waals surface area contributed by atoms with Crippen molar-refractivity contribution < 1.29 is 25.9 Å². The van der Waals surface area contributed by atoms with Crippen LogP contribution < -0.4 is 0 Å². The Kier molecular flexibility index (Phi) is 6.38. The molecule has 0 bridgehead atoms. The lowest BCUT2D eigenvalue weighted by molar-refractivity contribution is 0.463. The number of benzene rings is 3. The highest BCUT2D eigenvalue weighted by molar-refractivity contribution is 7.86. The zero-order valence-corrected chi connectivity index (χ0v) is 16.7. The molecule has 3 rings (SSSR count). The summed E-state index contributed by atoms with van der Waals surface area (Å²) in [6.07, 6.45) is 0. The topological polar surface area (TPSA) is 140 Å². The van der Waals surface area contributed by atoms with Crippen molar-refractivity contribution in [1.29, 1.82) is 5.39 Å². The fourth-order valence-electron chi connectivity index (χ4n) is 2.39. The van der Waals surface area contributed by atoms with Crippen LogP contribution in [0, 0.1) is 12.3 Å². The third-order valence-corrected chi connectivity index (χ3v) is 5.71. The molecule has 11 heteroatoms. The van der Waals surface area contributed by atoms with E-state index in [0.717, 1.165) is 17.7 Å². The summed E-state index contributed by atoms with van der Waals surface area (Å²) in [5, 5.41) is 8.94. The van der Waals surface area contributed by atoms with E-state index in [1.54, 1.807) is 18.2 Å². The van der Waals surface area contributed by atoms with Crippen molar-refractivity contribution in [3.8, 4) is 0 Å². The smallest absolute Gasteiger partial charge is 0.389 e. The molecule has 0 aliphatic carbocycles. The van der Waals surface area contributed by atoms with E-state index >= 15 is 0 Å². The van der Waals surface area contributed by atoms with Crippen LogP contribution in [0.1, 0.15) is 5.56 Å². The average molecular weight is 441 g/mol. The Morgan fingerprint density at radius 2 is 1.50 bits per heavy atom. The molecule has 3 aromatic rings. The second kappa shape index (κ2) is 8.22. The summed E-state index contributed by atoms with van der Waals surface area (Å²) in [6.45, 7) is 1.85. The lowest BCUT2D eigenvalue weighted by atomic mass is 10.1. The third kappa shape index (κ3) is 5.03. The zero-order chi connectivity index (χ0) is 21.1. The van der Waals surface area contributed by atoms with Crippen molar-refractivity contribution in [3.05, 3.63) is 70.2 Å². The second-order valence-electron chi connectivity index (χ2n) is 5.57. The Hall–Kier alpha value is -2.55. The van der Waals surface area contributed by atoms with Crippen LogP contribution in [0.4, 0.5) is 5.69 Å². The van der Waals surface area contributed by atoms with Crippen molar-refractivity contribution >= 4 is 48.3 Å². The number of aryl methyl sites for hydroxylation is 1. The molecule has 0 saturated carbocycles. The molecule has 0 fully saturated rings. The first-order valence-corrected chi connectivity index (χ1v) is 10.7. The molecular formula is C17H13ClN2O6S2. The summed E-state index contributed by atoms with van der Waals surface area (Å²) >= 11 is 5.62. The van der Waals surface area contributed by atoms with E-state index in [1.165, 1.54) is 24.3 Å². The highest BCUT2D eigenvalue weighted by atomic mass is 35.5. The van der Waals surface area contributed by atoms with Crippen LogP contribution in [-0.2, 0) is 20.2 Å². The van der Waals surface area contributed by atoms with Gasteiger partial charge in [-0.25, -0.2) is 8.42 Å². The highest BCUT2D eigenvalue weighted by Gasteiger charge is 2.16. The first kappa shape index (κ1) is 21.7. The van der Waals surface area contributed by atoms with Gasteiger partial charge in [-0.3, -0.25) is 4.55 Å². The minimum absolute atomic E-state index is 0.0167. The number of diazo groups is 1. The number of halogens is 1. The van der Waals surface area contributed by atoms with Gasteiger partial charge in [-0.1, -0.05) is 35.9 Å². The van der Waals surface area contributed by atoms with E-state index in [9.17, 15) is 21.4 Å². The Morgan fingerprint density at radius 1 is 0.964 bits per heavy atom. The van der Waals surface area contributed by atoms with Gasteiger partial charge in [-0.15, -0.1) is 0 Å². The normalized spacial score (nSPS) is 11.4. The molecule has 0 aliphatic heterocycles. The fraction of sp³-hybridized carbons (Fsp3) is 0.0588. The largest absolute Gasteiger partial charge is 0.744 e. The lowest BCUT2D eigenvalue weighted by Crippen LogP contribution is -2.02. The van der Waals surface area contributed by atoms with Gasteiger partial charge in [0.2, 0.25) is 5.39 Å². The van der Waals surface area contributed by atoms with Crippen molar-refractivity contribution in [3.63, 3.8) is 0 Å². The van der Waals surface area contributed by atoms with Gasteiger partial charge >= 0.3 is 5.69 Å². The van der Waals surface area contributed by atoms with Crippen molar-refractivity contribution in [2.24, 2.45) is 0 Å². The van der Waals surface area contributed by atoms with Crippen LogP contribution in [0.15, 0.2) is 64.4 Å². The first-order chi connectivity index (χ1) is 12.9. The number of hydrogen-bond acceptors (Lipinski definition) is 6. The van der Waals surface area contributed by atoms with Crippen molar-refractivity contribution in [2.75, 3.05) is 0 Å². The van der Waals surface area contributed by atoms with Crippen LogP contribution in [0.25, 0.3) is 15.7 Å². The molecule has 0 aliphatic rings. The SMILES string of the molecule is Cc1ccc(Cl)cc1[N+]#N.O=S(=O)([O-])c1cccc2c(S(=O)(=O)O)cccc12. The second-order valence-corrected chi connectivity index (χ2v) is 8.74. The molecule has 3 aromatic carbocycles. The number of fused-ring (bicyclic) bond motifs is 1. The summed E-state index contributed by atoms with van der Waals surface area (Å²) < 4.78 is 64.4. The summed E-state index contributed by atoms with van der Waals surface area (Å²) in [4.78, 5) is 2.08. The van der Waals surface area contributed by atoms with Crippen LogP contribution in [-0.4, -0.2) is 25.9 Å². The van der Waals surface area contributed by atoms with Crippen molar-refractivity contribution in [2.45, 2.75) is 16.7 Å². The number of hydrogen-bond donors (Lipinski definition) is 1. The van der Waals surface area contributed by atoms with Gasteiger partial charge in [0.1, 0.15) is 15.0 Å². The fourth-order valence-corrected chi connectivity index (χ4v) is 3.95. The molecule has 0 radical (unpaired) electrons. The summed E-state index contributed by atoms with van der Waals surface area (Å²) in [5.41, 5.74) is 1.43. The van der Waals surface area contributed by atoms with Crippen LogP contribution in [0.5, 0.6) is 0 Å². The summed E-state index contributed by atoms with van der Waals surface area (Å²) in [5.74, 6) is 0. The van der Waals surface area contributed by atoms with Crippen molar-refractivity contribution in [1.82, 2.24) is 0 Å². The van der Waals surface area contributed by atoms with Gasteiger partial charge in [0.25, 0.3) is 10.1 Å². The summed E-state index contributed by atoms with van der Waals surface area (Å²) in [6, 6.07) is 12.5. The van der Waals surface area contributed by atoms with E-state index in [2.05, 4.69) is 4.98 Å². The average Bonchev–Trinajstić information content (AvgIpc) is 2.61. The monoisotopic (exact) mass is 440 g/mol. The standard InChI is InChI=1S/C10H8O6S2.C7H6ClN2/c11-17(12,13)9-5-1-3-7-8(9)4-2-6-10(7)18(14,15)16;1-5-2-3-6(8)4-7(5)10-9/h1-6H,(H,11,12,13)(H,14,15,16);2-4H,1H3/q;+1/p-1. The van der Waals surface area contributed by atoms with Gasteiger partial charge in [-0.2, -0.15) is 8.42 Å². The van der Waals surface area contributed by atoms with Gasteiger partial charge in [-0.05, 0) is 31.2 Å². The van der Waals surface area contributed by atoms with Gasteiger partial charge in [0.05, 0.1) is 11.0 Å². The molecule has 0 heterocycles. The molecule has 0 atom stereocenters. The molecule has 8 nitrogen and oxygen atoms in total. The molecule has 0 amide bonds. The number of rotatable bonds is 2. The number of nitrogens with zero attached hydrogens (tertiary/aromatic N) is 2. The van der Waals surface area contributed by atoms with E-state index in [0.29, 0.717) is 10.7 Å². The van der Waals surface area contributed by atoms with Crippen LogP contribution in [0.2, 0.25) is 5.02 Å². The maximum absolute atomic E-state index is 11.1. The molecule has 0 saturated heterocycles. The minimum atomic E-state index is -4.72. The van der Waals surface area contributed by atoms with E-state index in [4.69, 9.17) is 21.5 Å². The quantitative estimate of drug-likeness (QED) is 0.466. The van der Waals surface area contributed by atoms with Crippen LogP contribution in [0.3, 0.4) is 0 Å². The minimum Gasteiger partial charge on any atom is -0.744 e. The zero-order valence-electron chi connectivity index (χ0n) is 14.3. The maximum Gasteiger partial charge on any atom is 0.389 e. The molecule has 1 N–H and O–H groups in total. The summed E-state index contributed by atoms with van der Waals surface area (Å²) in [7, 11) is -9.21. The molecular weight excluding hydrogens is 428 g/mol. The molecule has 28 heavy (non-hydrogen) atoms. The molecule has 146 valence electrons. The van der Waals surface area contributed by atoms with E-state index < -0.39 is 30.0 Å². The predicted molar refractivity (Wildman–Crippen MR) is 103 cm³/mol. The predicted octanol–water partition coefficient (Wildman–Crippen LogP) is 4.12. The lowest BCUT2D eigenvalue weighted by Gasteiger charge is -2.11. The molecule has 0 unspecified atom stereocenters. The van der Waals surface area contributed by atoms with Crippen LogP contribution >= 0.6 is 11.6 Å². The van der Waals surface area contributed by atoms with Gasteiger partial charge in [0, 0.05) is 21.4 Å². The third-order valence-electron chi connectivity index (χ3n) is 3.67. The van der Waals surface area contributed by atoms with E-state index in [-0.39, 0.29) is 10.8 Å². The van der Waals surface area contributed by atoms with Gasteiger partial charge in [0.15, 0.2) is 4.98 Å². The van der Waals surface area contributed by atoms with E-state index in [1.807, 2.05) is 6.92 Å². The first-order valence-electron chi connectivity index (χ1n) is 7.51.